The van der Waals surface area contributed by atoms with Gasteiger partial charge in [0.2, 0.25) is 0 Å². The van der Waals surface area contributed by atoms with Gasteiger partial charge in [-0.05, 0) is 26.0 Å². The van der Waals surface area contributed by atoms with E-state index in [4.69, 9.17) is 0 Å². The van der Waals surface area contributed by atoms with Crippen molar-refractivity contribution in [2.45, 2.75) is 19.9 Å². The van der Waals surface area contributed by atoms with Crippen molar-refractivity contribution >= 4 is 18.3 Å². The Bertz CT molecular complexity index is 395. The van der Waals surface area contributed by atoms with Crippen LogP contribution in [-0.4, -0.2) is 36.5 Å². The fraction of sp³-hybridized carbons (Fsp3) is 0.462. The molecule has 1 aliphatic heterocycles. The average Bonchev–Trinajstić information content (AvgIpc) is 2.28. The molecule has 4 heteroatoms. The number of amides is 1. The first kappa shape index (κ1) is 14.0. The van der Waals surface area contributed by atoms with Gasteiger partial charge in [0.05, 0.1) is 0 Å². The van der Waals surface area contributed by atoms with E-state index in [0.29, 0.717) is 6.04 Å². The van der Waals surface area contributed by atoms with E-state index in [9.17, 15) is 4.79 Å². The van der Waals surface area contributed by atoms with E-state index in [1.165, 1.54) is 0 Å². The summed E-state index contributed by atoms with van der Waals surface area (Å²) < 4.78 is 0. The first-order chi connectivity index (χ1) is 7.66. The molecule has 0 aromatic heterocycles. The minimum absolute atomic E-state index is 0. The molecular weight excluding hydrogens is 236 g/mol. The number of nitrogens with one attached hydrogen (secondary N) is 1. The van der Waals surface area contributed by atoms with E-state index in [0.717, 1.165) is 30.8 Å². The van der Waals surface area contributed by atoms with Crippen LogP contribution in [0.15, 0.2) is 24.3 Å². The van der Waals surface area contributed by atoms with Crippen molar-refractivity contribution < 1.29 is 4.79 Å². The normalized spacial score (nSPS) is 19.6. The van der Waals surface area contributed by atoms with E-state index in [-0.39, 0.29) is 18.3 Å². The zero-order chi connectivity index (χ0) is 11.5. The lowest BCUT2D eigenvalue weighted by atomic mass is 10.1. The molecule has 94 valence electrons. The topological polar surface area (TPSA) is 32.3 Å². The van der Waals surface area contributed by atoms with Crippen molar-refractivity contribution in [2.24, 2.45) is 0 Å². The van der Waals surface area contributed by atoms with Crippen LogP contribution >= 0.6 is 12.4 Å². The van der Waals surface area contributed by atoms with Crippen molar-refractivity contribution in [2.75, 3.05) is 19.6 Å². The van der Waals surface area contributed by atoms with Crippen LogP contribution < -0.4 is 5.32 Å². The Morgan fingerprint density at radius 2 is 2.24 bits per heavy atom. The highest BCUT2D eigenvalue weighted by Gasteiger charge is 2.21. The molecule has 1 aliphatic rings. The predicted octanol–water partition coefficient (Wildman–Crippen LogP) is 1.85. The number of benzene rings is 1. The lowest BCUT2D eigenvalue weighted by Gasteiger charge is -2.32. The van der Waals surface area contributed by atoms with Gasteiger partial charge < -0.3 is 10.2 Å². The molecule has 1 amide bonds. The van der Waals surface area contributed by atoms with E-state index in [1.54, 1.807) is 0 Å². The Balaban J connectivity index is 0.00000144. The molecule has 0 radical (unpaired) electrons. The van der Waals surface area contributed by atoms with E-state index >= 15 is 0 Å². The summed E-state index contributed by atoms with van der Waals surface area (Å²) in [4.78, 5) is 14.1. The standard InChI is InChI=1S/C13H18N2O.ClH/c1-10-4-3-5-12(8-10)13(16)15-7-6-14-11(2)9-15;/h3-5,8,11,14H,6-7,9H2,1-2H3;1H. The second-order valence-corrected chi connectivity index (χ2v) is 4.48. The van der Waals surface area contributed by atoms with E-state index in [1.807, 2.05) is 36.1 Å². The highest BCUT2D eigenvalue weighted by molar-refractivity contribution is 5.94. The molecule has 0 aliphatic carbocycles. The van der Waals surface area contributed by atoms with Gasteiger partial charge in [-0.2, -0.15) is 0 Å². The lowest BCUT2D eigenvalue weighted by molar-refractivity contribution is 0.0709. The molecule has 2 rings (SSSR count). The third-order valence-electron chi connectivity index (χ3n) is 2.92. The van der Waals surface area contributed by atoms with Gasteiger partial charge in [0.15, 0.2) is 0 Å². The Labute approximate surface area is 109 Å². The van der Waals surface area contributed by atoms with E-state index < -0.39 is 0 Å². The van der Waals surface area contributed by atoms with E-state index in [2.05, 4.69) is 12.2 Å². The van der Waals surface area contributed by atoms with Crippen LogP contribution in [0.3, 0.4) is 0 Å². The number of rotatable bonds is 1. The quantitative estimate of drug-likeness (QED) is 0.830. The number of aryl methyl sites for hydroxylation is 1. The SMILES string of the molecule is Cc1cccc(C(=O)N2CCNC(C)C2)c1.Cl. The molecule has 0 saturated carbocycles. The highest BCUT2D eigenvalue weighted by Crippen LogP contribution is 2.09. The molecule has 1 unspecified atom stereocenters. The van der Waals surface area contributed by atoms with Crippen molar-refractivity contribution in [3.63, 3.8) is 0 Å². The fourth-order valence-electron chi connectivity index (χ4n) is 2.08. The molecule has 1 aromatic carbocycles. The predicted molar refractivity (Wildman–Crippen MR) is 71.8 cm³/mol. The third-order valence-corrected chi connectivity index (χ3v) is 2.92. The van der Waals surface area contributed by atoms with Crippen molar-refractivity contribution in [3.05, 3.63) is 35.4 Å². The van der Waals surface area contributed by atoms with Gasteiger partial charge in [0, 0.05) is 31.2 Å². The number of carbonyl (C=O) groups is 1. The fourth-order valence-corrected chi connectivity index (χ4v) is 2.08. The van der Waals surface area contributed by atoms with Crippen LogP contribution in [0, 0.1) is 6.92 Å². The van der Waals surface area contributed by atoms with Gasteiger partial charge in [-0.15, -0.1) is 12.4 Å². The molecule has 1 saturated heterocycles. The zero-order valence-corrected chi connectivity index (χ0v) is 11.1. The summed E-state index contributed by atoms with van der Waals surface area (Å²) in [6.07, 6.45) is 0. The second-order valence-electron chi connectivity index (χ2n) is 4.48. The minimum atomic E-state index is 0. The lowest BCUT2D eigenvalue weighted by Crippen LogP contribution is -2.51. The second kappa shape index (κ2) is 6.03. The van der Waals surface area contributed by atoms with Gasteiger partial charge in [-0.25, -0.2) is 0 Å². The van der Waals surface area contributed by atoms with Gasteiger partial charge in [-0.3, -0.25) is 4.79 Å². The summed E-state index contributed by atoms with van der Waals surface area (Å²) in [5.74, 6) is 0.150. The largest absolute Gasteiger partial charge is 0.336 e. The van der Waals surface area contributed by atoms with Crippen molar-refractivity contribution in [3.8, 4) is 0 Å². The number of hydrogen-bond donors (Lipinski definition) is 1. The number of nitrogens with zero attached hydrogens (tertiary/aromatic N) is 1. The molecule has 0 spiro atoms. The molecule has 1 aromatic rings. The average molecular weight is 255 g/mol. The van der Waals surface area contributed by atoms with Gasteiger partial charge in [0.1, 0.15) is 0 Å². The first-order valence-electron chi connectivity index (χ1n) is 5.76. The minimum Gasteiger partial charge on any atom is -0.336 e. The molecule has 1 atom stereocenters. The van der Waals surface area contributed by atoms with Gasteiger partial charge in [0.25, 0.3) is 5.91 Å². The summed E-state index contributed by atoms with van der Waals surface area (Å²) in [6.45, 7) is 6.61. The molecule has 1 fully saturated rings. The number of carbonyl (C=O) groups excluding carboxylic acids is 1. The van der Waals surface area contributed by atoms with Crippen LogP contribution in [0.2, 0.25) is 0 Å². The Morgan fingerprint density at radius 3 is 2.88 bits per heavy atom. The summed E-state index contributed by atoms with van der Waals surface area (Å²) in [7, 11) is 0. The maximum atomic E-state index is 12.2. The highest BCUT2D eigenvalue weighted by atomic mass is 35.5. The smallest absolute Gasteiger partial charge is 0.253 e. The van der Waals surface area contributed by atoms with Crippen LogP contribution in [0.5, 0.6) is 0 Å². The summed E-state index contributed by atoms with van der Waals surface area (Å²) in [6, 6.07) is 8.19. The Kier molecular flexibility index (Phi) is 4.97. The molecule has 17 heavy (non-hydrogen) atoms. The van der Waals surface area contributed by atoms with Crippen molar-refractivity contribution in [1.29, 1.82) is 0 Å². The molecule has 1 heterocycles. The molecule has 0 bridgehead atoms. The number of hydrogen-bond acceptors (Lipinski definition) is 2. The monoisotopic (exact) mass is 254 g/mol. The summed E-state index contributed by atoms with van der Waals surface area (Å²) in [5.41, 5.74) is 1.93. The molecule has 3 nitrogen and oxygen atoms in total. The summed E-state index contributed by atoms with van der Waals surface area (Å²) >= 11 is 0. The van der Waals surface area contributed by atoms with Crippen LogP contribution in [-0.2, 0) is 0 Å². The maximum Gasteiger partial charge on any atom is 0.253 e. The summed E-state index contributed by atoms with van der Waals surface area (Å²) in [5, 5.41) is 3.34. The van der Waals surface area contributed by atoms with Crippen molar-refractivity contribution in [1.82, 2.24) is 10.2 Å². The van der Waals surface area contributed by atoms with Crippen LogP contribution in [0.25, 0.3) is 0 Å². The molecule has 1 N–H and O–H groups in total. The Morgan fingerprint density at radius 1 is 1.47 bits per heavy atom. The zero-order valence-electron chi connectivity index (χ0n) is 10.3. The number of piperazine rings is 1. The molecular formula is C13H19ClN2O. The third kappa shape index (κ3) is 3.45. The Hall–Kier alpha value is -1.06. The first-order valence-corrected chi connectivity index (χ1v) is 5.76. The van der Waals surface area contributed by atoms with Gasteiger partial charge in [-0.1, -0.05) is 17.7 Å². The van der Waals surface area contributed by atoms with Crippen LogP contribution in [0.1, 0.15) is 22.8 Å². The maximum absolute atomic E-state index is 12.2. The number of halogens is 1. The van der Waals surface area contributed by atoms with Crippen LogP contribution in [0.4, 0.5) is 0 Å². The van der Waals surface area contributed by atoms with Gasteiger partial charge >= 0.3 is 0 Å².